The van der Waals surface area contributed by atoms with Crippen LogP contribution < -0.4 is 5.32 Å². The van der Waals surface area contributed by atoms with Gasteiger partial charge in [0.15, 0.2) is 0 Å². The zero-order valence-electron chi connectivity index (χ0n) is 10.8. The minimum absolute atomic E-state index is 0.702. The Morgan fingerprint density at radius 1 is 1.47 bits per heavy atom. The second-order valence-electron chi connectivity index (χ2n) is 4.72. The molecule has 1 fully saturated rings. The third kappa shape index (κ3) is 3.26. The molecule has 96 valence electrons. The van der Waals surface area contributed by atoms with Crippen LogP contribution in [-0.4, -0.2) is 41.6 Å². The predicted octanol–water partition coefficient (Wildman–Crippen LogP) is 0.775. The van der Waals surface area contributed by atoms with Gasteiger partial charge in [0.1, 0.15) is 11.6 Å². The third-order valence-electron chi connectivity index (χ3n) is 3.40. The van der Waals surface area contributed by atoms with Crippen LogP contribution in [-0.2, 0) is 17.7 Å². The van der Waals surface area contributed by atoms with Crippen molar-refractivity contribution in [3.63, 3.8) is 0 Å². The topological polar surface area (TPSA) is 52.0 Å². The largest absolute Gasteiger partial charge is 0.383 e. The van der Waals surface area contributed by atoms with Gasteiger partial charge in [-0.1, -0.05) is 0 Å². The molecule has 1 aromatic rings. The number of aryl methyl sites for hydroxylation is 1. The molecule has 5 nitrogen and oxygen atoms in total. The summed E-state index contributed by atoms with van der Waals surface area (Å²) < 4.78 is 7.31. The van der Waals surface area contributed by atoms with Gasteiger partial charge in [-0.25, -0.2) is 0 Å². The van der Waals surface area contributed by atoms with Crippen molar-refractivity contribution in [1.82, 2.24) is 20.1 Å². The summed E-state index contributed by atoms with van der Waals surface area (Å²) in [5.74, 6) is 2.79. The SMILES string of the molecule is COCCn1c(C)nnc1CC1CCCNC1. The molecule has 1 unspecified atom stereocenters. The first-order valence-corrected chi connectivity index (χ1v) is 6.39. The van der Waals surface area contributed by atoms with Crippen LogP contribution >= 0.6 is 0 Å². The van der Waals surface area contributed by atoms with Gasteiger partial charge in [0.2, 0.25) is 0 Å². The maximum Gasteiger partial charge on any atom is 0.133 e. The van der Waals surface area contributed by atoms with Gasteiger partial charge in [-0.3, -0.25) is 0 Å². The van der Waals surface area contributed by atoms with Crippen molar-refractivity contribution in [2.75, 3.05) is 26.8 Å². The van der Waals surface area contributed by atoms with Crippen LogP contribution in [0.3, 0.4) is 0 Å². The molecule has 0 bridgehead atoms. The number of ether oxygens (including phenoxy) is 1. The summed E-state index contributed by atoms with van der Waals surface area (Å²) in [4.78, 5) is 0. The van der Waals surface area contributed by atoms with Crippen LogP contribution in [0, 0.1) is 12.8 Å². The molecule has 17 heavy (non-hydrogen) atoms. The number of piperidine rings is 1. The van der Waals surface area contributed by atoms with Gasteiger partial charge in [-0.2, -0.15) is 0 Å². The lowest BCUT2D eigenvalue weighted by molar-refractivity contribution is 0.185. The Hall–Kier alpha value is -0.940. The van der Waals surface area contributed by atoms with Crippen LogP contribution in [0.25, 0.3) is 0 Å². The summed E-state index contributed by atoms with van der Waals surface area (Å²) in [6, 6.07) is 0. The lowest BCUT2D eigenvalue weighted by atomic mass is 9.96. The van der Waals surface area contributed by atoms with Crippen LogP contribution in [0.1, 0.15) is 24.5 Å². The molecule has 1 atom stereocenters. The van der Waals surface area contributed by atoms with Gasteiger partial charge < -0.3 is 14.6 Å². The molecule has 0 amide bonds. The quantitative estimate of drug-likeness (QED) is 0.823. The molecule has 1 aliphatic rings. The number of nitrogens with one attached hydrogen (secondary N) is 1. The van der Waals surface area contributed by atoms with Crippen LogP contribution in [0.2, 0.25) is 0 Å². The highest BCUT2D eigenvalue weighted by molar-refractivity contribution is 4.96. The summed E-state index contributed by atoms with van der Waals surface area (Å²) in [5, 5.41) is 11.9. The van der Waals surface area contributed by atoms with Gasteiger partial charge >= 0.3 is 0 Å². The lowest BCUT2D eigenvalue weighted by Crippen LogP contribution is -2.31. The second kappa shape index (κ2) is 6.12. The first-order chi connectivity index (χ1) is 8.31. The highest BCUT2D eigenvalue weighted by Gasteiger charge is 2.17. The van der Waals surface area contributed by atoms with E-state index < -0.39 is 0 Å². The van der Waals surface area contributed by atoms with E-state index >= 15 is 0 Å². The molecule has 0 aliphatic carbocycles. The highest BCUT2D eigenvalue weighted by atomic mass is 16.5. The second-order valence-corrected chi connectivity index (χ2v) is 4.72. The minimum atomic E-state index is 0.702. The van der Waals surface area contributed by atoms with E-state index in [1.807, 2.05) is 6.92 Å². The Balaban J connectivity index is 1.98. The molecular weight excluding hydrogens is 216 g/mol. The zero-order chi connectivity index (χ0) is 12.1. The van der Waals surface area contributed by atoms with Crippen LogP contribution in [0.15, 0.2) is 0 Å². The van der Waals surface area contributed by atoms with E-state index in [0.29, 0.717) is 5.92 Å². The number of aromatic nitrogens is 3. The molecule has 2 heterocycles. The Morgan fingerprint density at radius 2 is 2.35 bits per heavy atom. The van der Waals surface area contributed by atoms with Crippen molar-refractivity contribution in [2.45, 2.75) is 32.7 Å². The minimum Gasteiger partial charge on any atom is -0.383 e. The molecule has 0 radical (unpaired) electrons. The van der Waals surface area contributed by atoms with Gasteiger partial charge in [0, 0.05) is 20.1 Å². The average Bonchev–Trinajstić information content (AvgIpc) is 2.69. The lowest BCUT2D eigenvalue weighted by Gasteiger charge is -2.22. The first kappa shape index (κ1) is 12.5. The Bertz CT molecular complexity index is 344. The maximum atomic E-state index is 5.13. The Kier molecular flexibility index (Phi) is 4.50. The Labute approximate surface area is 103 Å². The normalized spacial score (nSPS) is 20.7. The molecule has 0 aromatic carbocycles. The van der Waals surface area contributed by atoms with E-state index in [9.17, 15) is 0 Å². The molecular formula is C12H22N4O. The van der Waals surface area contributed by atoms with Crippen molar-refractivity contribution in [2.24, 2.45) is 5.92 Å². The summed E-state index contributed by atoms with van der Waals surface area (Å²) in [6.45, 7) is 5.84. The number of rotatable bonds is 5. The smallest absolute Gasteiger partial charge is 0.133 e. The van der Waals surface area contributed by atoms with Crippen molar-refractivity contribution in [3.8, 4) is 0 Å². The summed E-state index contributed by atoms with van der Waals surface area (Å²) in [7, 11) is 1.73. The fourth-order valence-electron chi connectivity index (χ4n) is 2.41. The van der Waals surface area contributed by atoms with Crippen molar-refractivity contribution >= 4 is 0 Å². The maximum absolute atomic E-state index is 5.13. The number of nitrogens with zero attached hydrogens (tertiary/aromatic N) is 3. The predicted molar refractivity (Wildman–Crippen MR) is 65.9 cm³/mol. The van der Waals surface area contributed by atoms with Gasteiger partial charge in [0.05, 0.1) is 6.61 Å². The van der Waals surface area contributed by atoms with Crippen molar-refractivity contribution < 1.29 is 4.74 Å². The molecule has 0 saturated carbocycles. The molecule has 1 aliphatic heterocycles. The molecule has 0 spiro atoms. The highest BCUT2D eigenvalue weighted by Crippen LogP contribution is 2.15. The van der Waals surface area contributed by atoms with E-state index in [1.165, 1.54) is 12.8 Å². The number of methoxy groups -OCH3 is 1. The molecule has 1 N–H and O–H groups in total. The van der Waals surface area contributed by atoms with E-state index in [1.54, 1.807) is 7.11 Å². The number of hydrogen-bond donors (Lipinski definition) is 1. The van der Waals surface area contributed by atoms with E-state index in [2.05, 4.69) is 20.1 Å². The van der Waals surface area contributed by atoms with Gasteiger partial charge in [-0.15, -0.1) is 10.2 Å². The fraction of sp³-hybridized carbons (Fsp3) is 0.833. The van der Waals surface area contributed by atoms with Gasteiger partial charge in [0.25, 0.3) is 0 Å². The van der Waals surface area contributed by atoms with E-state index in [0.717, 1.165) is 44.3 Å². The average molecular weight is 238 g/mol. The molecule has 5 heteroatoms. The summed E-state index contributed by atoms with van der Waals surface area (Å²) in [6.07, 6.45) is 3.59. The summed E-state index contributed by atoms with van der Waals surface area (Å²) >= 11 is 0. The molecule has 1 saturated heterocycles. The van der Waals surface area contributed by atoms with E-state index in [4.69, 9.17) is 4.74 Å². The van der Waals surface area contributed by atoms with Crippen LogP contribution in [0.5, 0.6) is 0 Å². The van der Waals surface area contributed by atoms with Crippen molar-refractivity contribution in [3.05, 3.63) is 11.6 Å². The number of hydrogen-bond acceptors (Lipinski definition) is 4. The van der Waals surface area contributed by atoms with E-state index in [-0.39, 0.29) is 0 Å². The zero-order valence-corrected chi connectivity index (χ0v) is 10.8. The fourth-order valence-corrected chi connectivity index (χ4v) is 2.41. The monoisotopic (exact) mass is 238 g/mol. The summed E-state index contributed by atoms with van der Waals surface area (Å²) in [5.41, 5.74) is 0. The molecule has 1 aromatic heterocycles. The third-order valence-corrected chi connectivity index (χ3v) is 3.40. The molecule has 2 rings (SSSR count). The standard InChI is InChI=1S/C12H22N4O/c1-10-14-15-12(16(10)6-7-17-2)8-11-4-3-5-13-9-11/h11,13H,3-9H2,1-2H3. The van der Waals surface area contributed by atoms with Crippen molar-refractivity contribution in [1.29, 1.82) is 0 Å². The Morgan fingerprint density at radius 3 is 3.06 bits per heavy atom. The first-order valence-electron chi connectivity index (χ1n) is 6.39. The van der Waals surface area contributed by atoms with Gasteiger partial charge in [-0.05, 0) is 38.8 Å². The van der Waals surface area contributed by atoms with Crippen LogP contribution in [0.4, 0.5) is 0 Å².